The Bertz CT molecular complexity index is 387. The Kier molecular flexibility index (Phi) is 5.72. The van der Waals surface area contributed by atoms with E-state index in [9.17, 15) is 4.79 Å². The lowest BCUT2D eigenvalue weighted by molar-refractivity contribution is -0.124. The van der Waals surface area contributed by atoms with Gasteiger partial charge in [0.15, 0.2) is 0 Å². The van der Waals surface area contributed by atoms with Gasteiger partial charge in [0.2, 0.25) is 11.0 Å². The van der Waals surface area contributed by atoms with Gasteiger partial charge in [0.1, 0.15) is 5.01 Å². The summed E-state index contributed by atoms with van der Waals surface area (Å²) < 4.78 is 0. The summed E-state index contributed by atoms with van der Waals surface area (Å²) >= 11 is 1.48. The Morgan fingerprint density at radius 3 is 2.61 bits per heavy atom. The summed E-state index contributed by atoms with van der Waals surface area (Å²) in [4.78, 5) is 12.0. The second-order valence-electron chi connectivity index (χ2n) is 5.15. The van der Waals surface area contributed by atoms with Crippen LogP contribution < -0.4 is 5.32 Å². The summed E-state index contributed by atoms with van der Waals surface area (Å²) in [6.07, 6.45) is 5.32. The first kappa shape index (κ1) is 15.1. The zero-order valence-corrected chi connectivity index (χ0v) is 12.6. The van der Waals surface area contributed by atoms with Crippen molar-refractivity contribution in [3.05, 3.63) is 5.01 Å². The van der Waals surface area contributed by atoms with Crippen LogP contribution >= 0.6 is 11.3 Å². The molecule has 0 spiro atoms. The smallest absolute Gasteiger partial charge is 0.231 e. The van der Waals surface area contributed by atoms with Crippen LogP contribution in [0.25, 0.3) is 0 Å². The Morgan fingerprint density at radius 2 is 2.00 bits per heavy atom. The molecule has 102 valence electrons. The number of hydrogen-bond acceptors (Lipinski definition) is 4. The predicted octanol–water partition coefficient (Wildman–Crippen LogP) is 3.65. The molecule has 1 heterocycles. The molecule has 1 aromatic rings. The van der Waals surface area contributed by atoms with Crippen molar-refractivity contribution in [1.29, 1.82) is 0 Å². The molecule has 0 radical (unpaired) electrons. The fourth-order valence-electron chi connectivity index (χ4n) is 1.36. The molecule has 1 N–H and O–H groups in total. The van der Waals surface area contributed by atoms with E-state index < -0.39 is 0 Å². The number of carbonyl (C=O) groups excluding carboxylic acids is 1. The number of anilines is 1. The van der Waals surface area contributed by atoms with Crippen molar-refractivity contribution in [3.8, 4) is 0 Å². The topological polar surface area (TPSA) is 54.9 Å². The lowest BCUT2D eigenvalue weighted by Gasteiger charge is -2.20. The molecule has 1 rings (SSSR count). The number of nitrogens with one attached hydrogen (secondary N) is 1. The maximum absolute atomic E-state index is 12.0. The van der Waals surface area contributed by atoms with Crippen LogP contribution in [0.3, 0.4) is 0 Å². The van der Waals surface area contributed by atoms with E-state index in [-0.39, 0.29) is 11.3 Å². The first-order chi connectivity index (χ1) is 8.49. The van der Waals surface area contributed by atoms with Gasteiger partial charge in [-0.3, -0.25) is 4.79 Å². The Morgan fingerprint density at radius 1 is 1.28 bits per heavy atom. The molecular weight excluding hydrogens is 246 g/mol. The van der Waals surface area contributed by atoms with Crippen molar-refractivity contribution in [1.82, 2.24) is 10.2 Å². The molecule has 0 aliphatic carbocycles. The number of aromatic nitrogens is 2. The quantitative estimate of drug-likeness (QED) is 0.769. The third-order valence-electron chi connectivity index (χ3n) is 3.18. The first-order valence-corrected chi connectivity index (χ1v) is 7.45. The van der Waals surface area contributed by atoms with Gasteiger partial charge in [0.25, 0.3) is 0 Å². The number of rotatable bonds is 7. The fourth-order valence-corrected chi connectivity index (χ4v) is 2.13. The Labute approximate surface area is 113 Å². The number of nitrogens with zero attached hydrogens (tertiary/aromatic N) is 2. The lowest BCUT2D eigenvalue weighted by atomic mass is 9.89. The minimum absolute atomic E-state index is 0.0151. The highest BCUT2D eigenvalue weighted by Gasteiger charge is 2.26. The van der Waals surface area contributed by atoms with Crippen molar-refractivity contribution < 1.29 is 4.79 Å². The van der Waals surface area contributed by atoms with E-state index in [4.69, 9.17) is 0 Å². The minimum atomic E-state index is -0.353. The van der Waals surface area contributed by atoms with Gasteiger partial charge in [-0.25, -0.2) is 0 Å². The fraction of sp³-hybridized carbons (Fsp3) is 0.769. The van der Waals surface area contributed by atoms with Gasteiger partial charge in [-0.2, -0.15) is 0 Å². The number of amides is 1. The Balaban J connectivity index is 2.51. The average Bonchev–Trinajstić information content (AvgIpc) is 2.77. The highest BCUT2D eigenvalue weighted by atomic mass is 32.1. The van der Waals surface area contributed by atoms with Crippen LogP contribution in [0, 0.1) is 5.41 Å². The Hall–Kier alpha value is -0.970. The van der Waals surface area contributed by atoms with E-state index in [0.717, 1.165) is 24.3 Å². The van der Waals surface area contributed by atoms with Gasteiger partial charge < -0.3 is 5.32 Å². The van der Waals surface area contributed by atoms with Gasteiger partial charge in [-0.05, 0) is 12.8 Å². The van der Waals surface area contributed by atoms with Gasteiger partial charge in [-0.1, -0.05) is 51.9 Å². The van der Waals surface area contributed by atoms with Crippen LogP contribution in [0.4, 0.5) is 5.13 Å². The average molecular weight is 269 g/mol. The van der Waals surface area contributed by atoms with Crippen LogP contribution in [0.5, 0.6) is 0 Å². The van der Waals surface area contributed by atoms with Gasteiger partial charge in [0, 0.05) is 11.8 Å². The second kappa shape index (κ2) is 6.83. The van der Waals surface area contributed by atoms with Crippen LogP contribution in [-0.2, 0) is 11.2 Å². The summed E-state index contributed by atoms with van der Waals surface area (Å²) in [6, 6.07) is 0. The molecule has 0 fully saturated rings. The SMILES string of the molecule is CCCCCc1nnc(NC(=O)C(C)(C)CC)s1. The molecule has 0 unspecified atom stereocenters. The van der Waals surface area contributed by atoms with Crippen molar-refractivity contribution in [2.24, 2.45) is 5.41 Å². The maximum atomic E-state index is 12.0. The van der Waals surface area contributed by atoms with Gasteiger partial charge in [0.05, 0.1) is 0 Å². The van der Waals surface area contributed by atoms with Crippen LogP contribution in [-0.4, -0.2) is 16.1 Å². The third-order valence-corrected chi connectivity index (χ3v) is 4.08. The molecule has 0 aliphatic rings. The maximum Gasteiger partial charge on any atom is 0.231 e. The summed E-state index contributed by atoms with van der Waals surface area (Å²) in [5.74, 6) is 0.0151. The molecule has 0 bridgehead atoms. The first-order valence-electron chi connectivity index (χ1n) is 6.63. The summed E-state index contributed by atoms with van der Waals surface area (Å²) in [6.45, 7) is 8.06. The van der Waals surface area contributed by atoms with Crippen molar-refractivity contribution >= 4 is 22.4 Å². The molecule has 0 saturated heterocycles. The lowest BCUT2D eigenvalue weighted by Crippen LogP contribution is -2.29. The normalized spacial score (nSPS) is 11.6. The minimum Gasteiger partial charge on any atom is -0.300 e. The van der Waals surface area contributed by atoms with Gasteiger partial charge in [-0.15, -0.1) is 10.2 Å². The molecule has 0 aromatic carbocycles. The van der Waals surface area contributed by atoms with E-state index in [1.54, 1.807) is 0 Å². The number of carbonyl (C=O) groups is 1. The zero-order valence-electron chi connectivity index (χ0n) is 11.7. The molecule has 1 amide bonds. The third kappa shape index (κ3) is 4.37. The van der Waals surface area contributed by atoms with Gasteiger partial charge >= 0.3 is 0 Å². The largest absolute Gasteiger partial charge is 0.300 e. The van der Waals surface area contributed by atoms with E-state index in [0.29, 0.717) is 5.13 Å². The van der Waals surface area contributed by atoms with E-state index in [2.05, 4.69) is 22.4 Å². The number of unbranched alkanes of at least 4 members (excludes halogenated alkanes) is 2. The molecule has 0 atom stereocenters. The summed E-state index contributed by atoms with van der Waals surface area (Å²) in [5, 5.41) is 12.6. The molecule has 1 aromatic heterocycles. The summed E-state index contributed by atoms with van der Waals surface area (Å²) in [5.41, 5.74) is -0.353. The number of aryl methyl sites for hydroxylation is 1. The van der Waals surface area contributed by atoms with E-state index >= 15 is 0 Å². The predicted molar refractivity (Wildman–Crippen MR) is 75.8 cm³/mol. The number of hydrogen-bond donors (Lipinski definition) is 1. The molecule has 0 saturated carbocycles. The summed E-state index contributed by atoms with van der Waals surface area (Å²) in [7, 11) is 0. The van der Waals surface area contributed by atoms with Crippen molar-refractivity contribution in [2.45, 2.75) is 59.8 Å². The highest BCUT2D eigenvalue weighted by Crippen LogP contribution is 2.24. The molecular formula is C13H23N3OS. The monoisotopic (exact) mass is 269 g/mol. The molecule has 5 heteroatoms. The van der Waals surface area contributed by atoms with Crippen LogP contribution in [0.15, 0.2) is 0 Å². The van der Waals surface area contributed by atoms with Crippen molar-refractivity contribution in [2.75, 3.05) is 5.32 Å². The highest BCUT2D eigenvalue weighted by molar-refractivity contribution is 7.15. The van der Waals surface area contributed by atoms with Crippen LogP contribution in [0.1, 0.15) is 58.4 Å². The van der Waals surface area contributed by atoms with Crippen molar-refractivity contribution in [3.63, 3.8) is 0 Å². The second-order valence-corrected chi connectivity index (χ2v) is 6.21. The standard InChI is InChI=1S/C13H23N3OS/c1-5-7-8-9-10-15-16-12(18-10)14-11(17)13(3,4)6-2/h5-9H2,1-4H3,(H,14,16,17). The molecule has 0 aliphatic heterocycles. The molecule has 18 heavy (non-hydrogen) atoms. The van der Waals surface area contributed by atoms with E-state index in [1.165, 1.54) is 24.2 Å². The van der Waals surface area contributed by atoms with E-state index in [1.807, 2.05) is 20.8 Å². The van der Waals surface area contributed by atoms with Crippen LogP contribution in [0.2, 0.25) is 0 Å². The molecule has 4 nitrogen and oxygen atoms in total. The zero-order chi connectivity index (χ0) is 13.6.